The van der Waals surface area contributed by atoms with E-state index >= 15 is 0 Å². The molecule has 8 heteroatoms. The van der Waals surface area contributed by atoms with E-state index in [0.29, 0.717) is 41.0 Å². The van der Waals surface area contributed by atoms with Crippen molar-refractivity contribution in [2.45, 2.75) is 26.7 Å². The Morgan fingerprint density at radius 1 is 1.14 bits per heavy atom. The van der Waals surface area contributed by atoms with Gasteiger partial charge in [-0.25, -0.2) is 9.50 Å². The highest BCUT2D eigenvalue weighted by molar-refractivity contribution is 6.30. The molecule has 0 unspecified atom stereocenters. The fourth-order valence-electron chi connectivity index (χ4n) is 2.95. The van der Waals surface area contributed by atoms with Crippen molar-refractivity contribution in [1.82, 2.24) is 14.6 Å². The molecule has 0 aliphatic carbocycles. The van der Waals surface area contributed by atoms with Crippen molar-refractivity contribution in [1.29, 1.82) is 0 Å². The summed E-state index contributed by atoms with van der Waals surface area (Å²) in [5, 5.41) is 5.03. The normalized spacial score (nSPS) is 10.9. The van der Waals surface area contributed by atoms with E-state index in [2.05, 4.69) is 10.1 Å². The Labute approximate surface area is 168 Å². The average Bonchev–Trinajstić information content (AvgIpc) is 3.11. The molecule has 0 saturated heterocycles. The zero-order chi connectivity index (χ0) is 20.3. The Bertz CT molecular complexity index is 994. The maximum absolute atomic E-state index is 11.7. The van der Waals surface area contributed by atoms with E-state index in [9.17, 15) is 4.79 Å². The molecule has 3 aromatic rings. The minimum absolute atomic E-state index is 0.239. The number of hydrogen-bond donors (Lipinski definition) is 0. The third-order valence-electron chi connectivity index (χ3n) is 4.38. The number of aromatic nitrogens is 3. The van der Waals surface area contributed by atoms with Crippen molar-refractivity contribution in [3.05, 3.63) is 40.7 Å². The van der Waals surface area contributed by atoms with Crippen molar-refractivity contribution in [3.8, 4) is 22.8 Å². The second-order valence-electron chi connectivity index (χ2n) is 6.17. The molecule has 28 heavy (non-hydrogen) atoms. The van der Waals surface area contributed by atoms with E-state index in [-0.39, 0.29) is 12.4 Å². The van der Waals surface area contributed by atoms with Crippen molar-refractivity contribution in [2.24, 2.45) is 0 Å². The molecule has 0 radical (unpaired) electrons. The smallest absolute Gasteiger partial charge is 0.306 e. The van der Waals surface area contributed by atoms with Crippen molar-refractivity contribution in [2.75, 3.05) is 20.8 Å². The van der Waals surface area contributed by atoms with Crippen LogP contribution in [0.4, 0.5) is 0 Å². The van der Waals surface area contributed by atoms with Crippen LogP contribution in [0.15, 0.2) is 24.3 Å². The Morgan fingerprint density at radius 3 is 2.43 bits per heavy atom. The van der Waals surface area contributed by atoms with Crippen LogP contribution in [0.3, 0.4) is 0 Å². The van der Waals surface area contributed by atoms with Gasteiger partial charge in [0.25, 0.3) is 0 Å². The molecular weight excluding hydrogens is 382 g/mol. The molecular formula is C20H22ClN3O4. The third-order valence-corrected chi connectivity index (χ3v) is 4.76. The minimum atomic E-state index is -0.261. The maximum Gasteiger partial charge on any atom is 0.306 e. The van der Waals surface area contributed by atoms with Gasteiger partial charge in [-0.2, -0.15) is 5.10 Å². The summed E-state index contributed by atoms with van der Waals surface area (Å²) in [5.74, 6) is 1.07. The molecule has 0 aliphatic heterocycles. The van der Waals surface area contributed by atoms with Gasteiger partial charge in [0.15, 0.2) is 5.65 Å². The predicted octanol–water partition coefficient (Wildman–Crippen LogP) is 3.87. The monoisotopic (exact) mass is 403 g/mol. The van der Waals surface area contributed by atoms with Gasteiger partial charge in [0.1, 0.15) is 16.7 Å². The Hall–Kier alpha value is -2.80. The summed E-state index contributed by atoms with van der Waals surface area (Å²) in [4.78, 5) is 16.3. The third kappa shape index (κ3) is 4.04. The number of methoxy groups -OCH3 is 2. The number of aryl methyl sites for hydroxylation is 1. The number of ether oxygens (including phenoxy) is 3. The quantitative estimate of drug-likeness (QED) is 0.440. The van der Waals surface area contributed by atoms with Crippen molar-refractivity contribution >= 4 is 23.2 Å². The summed E-state index contributed by atoms with van der Waals surface area (Å²) < 4.78 is 17.2. The van der Waals surface area contributed by atoms with Gasteiger partial charge in [-0.05, 0) is 32.4 Å². The number of nitrogens with zero attached hydrogens (tertiary/aromatic N) is 3. The number of carbonyl (C=O) groups excluding carboxylic acids is 1. The van der Waals surface area contributed by atoms with Gasteiger partial charge in [-0.1, -0.05) is 11.6 Å². The minimum Gasteiger partial charge on any atom is -0.497 e. The lowest BCUT2D eigenvalue weighted by molar-refractivity contribution is -0.143. The first-order valence-corrected chi connectivity index (χ1v) is 9.28. The number of hydrogen-bond acceptors (Lipinski definition) is 6. The predicted molar refractivity (Wildman–Crippen MR) is 106 cm³/mol. The Balaban J connectivity index is 2.00. The Kier molecular flexibility index (Phi) is 6.04. The number of esters is 1. The molecule has 0 saturated carbocycles. The number of rotatable bonds is 7. The molecule has 0 amide bonds. The number of carbonyl (C=O) groups is 1. The molecule has 0 spiro atoms. The zero-order valence-corrected chi connectivity index (χ0v) is 17.0. The highest BCUT2D eigenvalue weighted by Crippen LogP contribution is 2.31. The van der Waals surface area contributed by atoms with E-state index in [1.165, 1.54) is 0 Å². The van der Waals surface area contributed by atoms with Gasteiger partial charge >= 0.3 is 5.97 Å². The molecule has 2 aromatic heterocycles. The summed E-state index contributed by atoms with van der Waals surface area (Å²) >= 11 is 6.58. The van der Waals surface area contributed by atoms with Crippen molar-refractivity contribution in [3.63, 3.8) is 0 Å². The van der Waals surface area contributed by atoms with E-state index in [1.54, 1.807) is 31.7 Å². The number of fused-ring (bicyclic) bond motifs is 1. The van der Waals surface area contributed by atoms with Crippen LogP contribution in [0, 0.1) is 6.92 Å². The summed E-state index contributed by atoms with van der Waals surface area (Å²) in [5.41, 5.74) is 3.67. The molecule has 3 rings (SSSR count). The fraction of sp³-hybridized carbons (Fsp3) is 0.350. The lowest BCUT2D eigenvalue weighted by Gasteiger charge is -2.09. The second kappa shape index (κ2) is 8.48. The average molecular weight is 404 g/mol. The van der Waals surface area contributed by atoms with Gasteiger partial charge in [-0.15, -0.1) is 0 Å². The van der Waals surface area contributed by atoms with Crippen molar-refractivity contribution < 1.29 is 19.0 Å². The van der Waals surface area contributed by atoms with Crippen LogP contribution in [0.1, 0.15) is 24.6 Å². The molecule has 7 nitrogen and oxygen atoms in total. The summed E-state index contributed by atoms with van der Waals surface area (Å²) in [7, 11) is 3.19. The molecule has 1 aromatic carbocycles. The molecule has 0 bridgehead atoms. The van der Waals surface area contributed by atoms with E-state index < -0.39 is 0 Å². The summed E-state index contributed by atoms with van der Waals surface area (Å²) in [6.07, 6.45) is 0.678. The van der Waals surface area contributed by atoms with E-state index in [1.807, 2.05) is 25.1 Å². The first-order valence-electron chi connectivity index (χ1n) is 8.90. The lowest BCUT2D eigenvalue weighted by atomic mass is 10.1. The molecule has 0 fully saturated rings. The van der Waals surface area contributed by atoms with Crippen LogP contribution in [-0.2, 0) is 16.0 Å². The molecule has 0 aliphatic rings. The molecule has 0 N–H and O–H groups in total. The number of benzene rings is 1. The molecule has 2 heterocycles. The Morgan fingerprint density at radius 2 is 1.82 bits per heavy atom. The topological polar surface area (TPSA) is 75.0 Å². The van der Waals surface area contributed by atoms with Gasteiger partial charge in [0, 0.05) is 35.4 Å². The van der Waals surface area contributed by atoms with Gasteiger partial charge < -0.3 is 14.2 Å². The first-order chi connectivity index (χ1) is 13.5. The lowest BCUT2D eigenvalue weighted by Crippen LogP contribution is -2.08. The van der Waals surface area contributed by atoms with E-state index in [4.69, 9.17) is 25.8 Å². The van der Waals surface area contributed by atoms with Gasteiger partial charge in [0.05, 0.1) is 26.5 Å². The second-order valence-corrected chi connectivity index (χ2v) is 6.53. The maximum atomic E-state index is 11.7. The fourth-order valence-corrected chi connectivity index (χ4v) is 3.31. The largest absolute Gasteiger partial charge is 0.497 e. The number of halogens is 1. The standard InChI is InChI=1S/C20H22ClN3O4/c1-5-28-19(25)7-6-16-12(2)22-18-11-17(23-24(18)20(16)21)13-8-14(26-3)10-15(9-13)27-4/h8-11H,5-7H2,1-4H3. The SMILES string of the molecule is CCOC(=O)CCc1c(C)nc2cc(-c3cc(OC)cc(OC)c3)nn2c1Cl. The van der Waals surface area contributed by atoms with Crippen LogP contribution >= 0.6 is 11.6 Å². The van der Waals surface area contributed by atoms with Gasteiger partial charge in [-0.3, -0.25) is 4.79 Å². The highest BCUT2D eigenvalue weighted by atomic mass is 35.5. The highest BCUT2D eigenvalue weighted by Gasteiger charge is 2.16. The van der Waals surface area contributed by atoms with Gasteiger partial charge in [0.2, 0.25) is 0 Å². The van der Waals surface area contributed by atoms with Crippen LogP contribution in [0.5, 0.6) is 11.5 Å². The molecule has 0 atom stereocenters. The summed E-state index contributed by atoms with van der Waals surface area (Å²) in [6.45, 7) is 4.01. The first kappa shape index (κ1) is 19.9. The van der Waals surface area contributed by atoms with Crippen LogP contribution < -0.4 is 9.47 Å². The van der Waals surface area contributed by atoms with E-state index in [0.717, 1.165) is 16.8 Å². The van der Waals surface area contributed by atoms with Crippen LogP contribution in [0.25, 0.3) is 16.9 Å². The summed E-state index contributed by atoms with van der Waals surface area (Å²) in [6, 6.07) is 7.38. The zero-order valence-electron chi connectivity index (χ0n) is 16.3. The molecule has 148 valence electrons. The van der Waals surface area contributed by atoms with Crippen LogP contribution in [0.2, 0.25) is 5.15 Å². The van der Waals surface area contributed by atoms with Crippen LogP contribution in [-0.4, -0.2) is 41.4 Å².